The van der Waals surface area contributed by atoms with E-state index in [2.05, 4.69) is 5.16 Å². The van der Waals surface area contributed by atoms with E-state index in [1.165, 1.54) is 6.07 Å². The molecule has 0 spiro atoms. The van der Waals surface area contributed by atoms with Gasteiger partial charge < -0.3 is 9.42 Å². The number of hydrogen-bond acceptors (Lipinski definition) is 3. The van der Waals surface area contributed by atoms with Gasteiger partial charge in [-0.15, -0.1) is 0 Å². The van der Waals surface area contributed by atoms with Gasteiger partial charge in [-0.05, 0) is 17.2 Å². The van der Waals surface area contributed by atoms with Crippen molar-refractivity contribution < 1.29 is 13.7 Å². The molecule has 0 aliphatic rings. The number of hydrogen-bond donors (Lipinski definition) is 0. The van der Waals surface area contributed by atoms with Gasteiger partial charge in [0.15, 0.2) is 5.76 Å². The minimum Gasteiger partial charge on any atom is -0.360 e. The molecule has 0 bridgehead atoms. The zero-order valence-corrected chi connectivity index (χ0v) is 13.9. The molecule has 2 aromatic carbocycles. The summed E-state index contributed by atoms with van der Waals surface area (Å²) < 4.78 is 19.4. The van der Waals surface area contributed by atoms with Crippen molar-refractivity contribution in [1.82, 2.24) is 10.1 Å². The fourth-order valence-corrected chi connectivity index (χ4v) is 2.83. The largest absolute Gasteiger partial charge is 0.360 e. The normalized spacial score (nSPS) is 11.9. The van der Waals surface area contributed by atoms with Crippen LogP contribution in [0, 0.1) is 5.82 Å². The van der Waals surface area contributed by atoms with Crippen molar-refractivity contribution in [2.45, 2.75) is 18.9 Å². The van der Waals surface area contributed by atoms with Crippen LogP contribution in [0.2, 0.25) is 0 Å². The van der Waals surface area contributed by atoms with E-state index in [1.54, 1.807) is 42.4 Å². The zero-order chi connectivity index (χ0) is 17.6. The molecule has 1 atom stereocenters. The number of carbonyl (C=O) groups excluding carboxylic acids is 1. The van der Waals surface area contributed by atoms with Gasteiger partial charge in [-0.25, -0.2) is 4.39 Å². The monoisotopic (exact) mass is 338 g/mol. The van der Waals surface area contributed by atoms with Crippen LogP contribution in [0.25, 0.3) is 0 Å². The number of halogens is 1. The predicted molar refractivity (Wildman–Crippen MR) is 92.3 cm³/mol. The third-order valence-electron chi connectivity index (χ3n) is 4.17. The number of carbonyl (C=O) groups is 1. The van der Waals surface area contributed by atoms with Crippen LogP contribution in [0.5, 0.6) is 0 Å². The van der Waals surface area contributed by atoms with E-state index < -0.39 is 0 Å². The Kier molecular flexibility index (Phi) is 5.23. The summed E-state index contributed by atoms with van der Waals surface area (Å²) >= 11 is 0. The van der Waals surface area contributed by atoms with Crippen molar-refractivity contribution in [3.05, 3.63) is 89.6 Å². The van der Waals surface area contributed by atoms with Crippen LogP contribution in [0.1, 0.15) is 29.2 Å². The topological polar surface area (TPSA) is 46.3 Å². The second-order valence-corrected chi connectivity index (χ2v) is 5.92. The molecule has 0 fully saturated rings. The molecule has 5 heteroatoms. The summed E-state index contributed by atoms with van der Waals surface area (Å²) in [5.74, 6) is -0.124. The van der Waals surface area contributed by atoms with Crippen LogP contribution in [0.3, 0.4) is 0 Å². The van der Waals surface area contributed by atoms with Gasteiger partial charge >= 0.3 is 0 Å². The number of aromatic nitrogens is 1. The first kappa shape index (κ1) is 16.9. The molecule has 0 N–H and O–H groups in total. The Morgan fingerprint density at radius 3 is 2.52 bits per heavy atom. The molecule has 128 valence electrons. The highest BCUT2D eigenvalue weighted by Gasteiger charge is 2.23. The van der Waals surface area contributed by atoms with E-state index in [1.807, 2.05) is 30.3 Å². The van der Waals surface area contributed by atoms with Crippen LogP contribution in [0.15, 0.2) is 71.4 Å². The van der Waals surface area contributed by atoms with Crippen LogP contribution in [-0.4, -0.2) is 23.0 Å². The van der Waals surface area contributed by atoms with E-state index in [0.29, 0.717) is 17.9 Å². The van der Waals surface area contributed by atoms with Crippen molar-refractivity contribution in [2.75, 3.05) is 7.05 Å². The molecule has 0 aliphatic heterocycles. The molecule has 0 radical (unpaired) electrons. The van der Waals surface area contributed by atoms with Gasteiger partial charge in [-0.1, -0.05) is 53.7 Å². The third-order valence-corrected chi connectivity index (χ3v) is 4.17. The Hall–Kier alpha value is -2.95. The SMILES string of the molecule is CN(Cc1ccno1)C(=O)CC(c1ccccc1)c1ccccc1F. The van der Waals surface area contributed by atoms with Crippen LogP contribution in [0.4, 0.5) is 4.39 Å². The van der Waals surface area contributed by atoms with E-state index in [0.717, 1.165) is 5.56 Å². The number of rotatable bonds is 6. The summed E-state index contributed by atoms with van der Waals surface area (Å²) in [7, 11) is 1.70. The summed E-state index contributed by atoms with van der Waals surface area (Å²) in [6.45, 7) is 0.331. The summed E-state index contributed by atoms with van der Waals surface area (Å²) in [5.41, 5.74) is 1.43. The molecule has 3 rings (SSSR count). The first-order valence-corrected chi connectivity index (χ1v) is 8.08. The van der Waals surface area contributed by atoms with Gasteiger partial charge in [-0.2, -0.15) is 0 Å². The first-order valence-electron chi connectivity index (χ1n) is 8.08. The number of nitrogens with zero attached hydrogens (tertiary/aromatic N) is 2. The molecule has 1 amide bonds. The maximum absolute atomic E-state index is 14.3. The van der Waals surface area contributed by atoms with Crippen molar-refractivity contribution in [1.29, 1.82) is 0 Å². The summed E-state index contributed by atoms with van der Waals surface area (Å²) in [6.07, 6.45) is 1.72. The molecule has 0 saturated heterocycles. The van der Waals surface area contributed by atoms with Gasteiger partial charge in [0, 0.05) is 25.5 Å². The second-order valence-electron chi connectivity index (χ2n) is 5.92. The molecule has 3 aromatic rings. The first-order chi connectivity index (χ1) is 12.1. The minimum absolute atomic E-state index is 0.0893. The highest BCUT2D eigenvalue weighted by molar-refractivity contribution is 5.77. The molecule has 25 heavy (non-hydrogen) atoms. The Morgan fingerprint density at radius 2 is 1.84 bits per heavy atom. The smallest absolute Gasteiger partial charge is 0.223 e. The Labute approximate surface area is 145 Å². The van der Waals surface area contributed by atoms with E-state index >= 15 is 0 Å². The molecule has 4 nitrogen and oxygen atoms in total. The van der Waals surface area contributed by atoms with Crippen molar-refractivity contribution in [2.24, 2.45) is 0 Å². The number of benzene rings is 2. The highest BCUT2D eigenvalue weighted by Crippen LogP contribution is 2.30. The number of amides is 1. The Bertz CT molecular complexity index is 819. The van der Waals surface area contributed by atoms with Gasteiger partial charge in [0.25, 0.3) is 0 Å². The third kappa shape index (κ3) is 4.12. The Balaban J connectivity index is 1.83. The fraction of sp³-hybridized carbons (Fsp3) is 0.200. The fourth-order valence-electron chi connectivity index (χ4n) is 2.83. The van der Waals surface area contributed by atoms with Gasteiger partial charge in [0.05, 0.1) is 12.7 Å². The van der Waals surface area contributed by atoms with Gasteiger partial charge in [-0.3, -0.25) is 4.79 Å². The van der Waals surface area contributed by atoms with E-state index in [4.69, 9.17) is 4.52 Å². The molecule has 0 saturated carbocycles. The molecule has 1 aromatic heterocycles. The highest BCUT2D eigenvalue weighted by atomic mass is 19.1. The Morgan fingerprint density at radius 1 is 1.12 bits per heavy atom. The molecular formula is C20H19FN2O2. The maximum atomic E-state index is 14.3. The molecular weight excluding hydrogens is 319 g/mol. The van der Waals surface area contributed by atoms with Crippen molar-refractivity contribution in [3.8, 4) is 0 Å². The summed E-state index contributed by atoms with van der Waals surface area (Å²) in [4.78, 5) is 14.2. The summed E-state index contributed by atoms with van der Waals surface area (Å²) in [6, 6.07) is 17.8. The standard InChI is InChI=1S/C20H19FN2O2/c1-23(14-16-11-12-22-25-16)20(24)13-18(15-7-3-2-4-8-15)17-9-5-6-10-19(17)21/h2-12,18H,13-14H2,1H3. The lowest BCUT2D eigenvalue weighted by Crippen LogP contribution is -2.28. The average Bonchev–Trinajstić information content (AvgIpc) is 3.14. The van der Waals surface area contributed by atoms with Crippen molar-refractivity contribution in [3.63, 3.8) is 0 Å². The molecule has 1 unspecified atom stereocenters. The van der Waals surface area contributed by atoms with E-state index in [9.17, 15) is 9.18 Å². The second kappa shape index (κ2) is 7.75. The molecule has 0 aliphatic carbocycles. The lowest BCUT2D eigenvalue weighted by Gasteiger charge is -2.22. The minimum atomic E-state index is -0.341. The summed E-state index contributed by atoms with van der Waals surface area (Å²) in [5, 5.41) is 3.64. The molecule has 1 heterocycles. The average molecular weight is 338 g/mol. The lowest BCUT2D eigenvalue weighted by molar-refractivity contribution is -0.130. The van der Waals surface area contributed by atoms with Crippen molar-refractivity contribution >= 4 is 5.91 Å². The maximum Gasteiger partial charge on any atom is 0.223 e. The van der Waals surface area contributed by atoms with Crippen LogP contribution in [-0.2, 0) is 11.3 Å². The quantitative estimate of drug-likeness (QED) is 0.682. The van der Waals surface area contributed by atoms with Crippen LogP contribution >= 0.6 is 0 Å². The zero-order valence-electron chi connectivity index (χ0n) is 13.9. The van der Waals surface area contributed by atoms with Gasteiger partial charge in [0.2, 0.25) is 5.91 Å². The van der Waals surface area contributed by atoms with E-state index in [-0.39, 0.29) is 24.1 Å². The van der Waals surface area contributed by atoms with Crippen LogP contribution < -0.4 is 0 Å². The lowest BCUT2D eigenvalue weighted by atomic mass is 9.88. The van der Waals surface area contributed by atoms with Gasteiger partial charge in [0.1, 0.15) is 5.82 Å². The predicted octanol–water partition coefficient (Wildman–Crippen LogP) is 3.99.